The molecule has 0 saturated carbocycles. The number of fused-ring (bicyclic) bond motifs is 1. The van der Waals surface area contributed by atoms with Crippen molar-refractivity contribution in [3.8, 4) is 0 Å². The Morgan fingerprint density at radius 1 is 1.16 bits per heavy atom. The van der Waals surface area contributed by atoms with Gasteiger partial charge in [0.2, 0.25) is 0 Å². The van der Waals surface area contributed by atoms with E-state index in [1.165, 1.54) is 11.1 Å². The molecule has 1 heterocycles. The Labute approximate surface area is 148 Å². The van der Waals surface area contributed by atoms with E-state index in [1.807, 2.05) is 24.3 Å². The average Bonchev–Trinajstić information content (AvgIpc) is 3.00. The second kappa shape index (κ2) is 7.62. The van der Waals surface area contributed by atoms with Gasteiger partial charge in [0.1, 0.15) is 5.82 Å². The number of aryl methyl sites for hydroxylation is 1. The average molecular weight is 335 g/mol. The number of nitrogens with one attached hydrogen (secondary N) is 1. The molecule has 0 radical (unpaired) electrons. The van der Waals surface area contributed by atoms with E-state index < -0.39 is 0 Å². The number of aromatic nitrogens is 2. The first-order chi connectivity index (χ1) is 12.0. The van der Waals surface area contributed by atoms with E-state index in [-0.39, 0.29) is 5.78 Å². The molecule has 0 fully saturated rings. The second-order valence-electron chi connectivity index (χ2n) is 6.58. The summed E-state index contributed by atoms with van der Waals surface area (Å²) in [5, 5.41) is 0. The third kappa shape index (κ3) is 4.34. The number of carbonyl (C=O) groups excluding carboxylic acids is 1. The summed E-state index contributed by atoms with van der Waals surface area (Å²) in [6, 6.07) is 14.2. The van der Waals surface area contributed by atoms with Crippen LogP contribution in [0, 0.1) is 6.92 Å². The van der Waals surface area contributed by atoms with E-state index >= 15 is 0 Å². The number of hydrogen-bond acceptors (Lipinski definition) is 3. The third-order valence-corrected chi connectivity index (χ3v) is 4.57. The molecule has 4 heteroatoms. The lowest BCUT2D eigenvalue weighted by molar-refractivity contribution is 0.101. The molecular formula is C21H25N3O. The molecule has 3 rings (SSSR count). The first-order valence-electron chi connectivity index (χ1n) is 8.82. The van der Waals surface area contributed by atoms with Gasteiger partial charge in [-0.15, -0.1) is 0 Å². The Bertz CT molecular complexity index is 864. The largest absolute Gasteiger partial charge is 0.342 e. The molecule has 0 spiro atoms. The first kappa shape index (κ1) is 17.4. The van der Waals surface area contributed by atoms with Crippen LogP contribution >= 0.6 is 0 Å². The number of ketones is 1. The Morgan fingerprint density at radius 3 is 2.60 bits per heavy atom. The van der Waals surface area contributed by atoms with Gasteiger partial charge in [-0.3, -0.25) is 9.69 Å². The van der Waals surface area contributed by atoms with Crippen LogP contribution in [-0.2, 0) is 13.0 Å². The highest BCUT2D eigenvalue weighted by molar-refractivity contribution is 5.94. The van der Waals surface area contributed by atoms with E-state index in [0.29, 0.717) is 0 Å². The Morgan fingerprint density at radius 2 is 1.92 bits per heavy atom. The van der Waals surface area contributed by atoms with Gasteiger partial charge in [0.15, 0.2) is 5.78 Å². The van der Waals surface area contributed by atoms with Gasteiger partial charge in [0, 0.05) is 25.1 Å². The highest BCUT2D eigenvalue weighted by Gasteiger charge is 2.08. The van der Waals surface area contributed by atoms with E-state index in [9.17, 15) is 4.79 Å². The van der Waals surface area contributed by atoms with Crippen molar-refractivity contribution < 1.29 is 4.79 Å². The van der Waals surface area contributed by atoms with Crippen LogP contribution in [0.1, 0.15) is 41.2 Å². The lowest BCUT2D eigenvalue weighted by Gasteiger charge is -2.20. The number of imidazole rings is 1. The predicted octanol–water partition coefficient (Wildman–Crippen LogP) is 4.14. The number of nitrogens with zero attached hydrogens (tertiary/aromatic N) is 2. The fraction of sp³-hybridized carbons (Fsp3) is 0.333. The zero-order chi connectivity index (χ0) is 17.8. The van der Waals surface area contributed by atoms with Crippen molar-refractivity contribution in [3.63, 3.8) is 0 Å². The monoisotopic (exact) mass is 335 g/mol. The quantitative estimate of drug-likeness (QED) is 0.660. The highest BCUT2D eigenvalue weighted by Crippen LogP contribution is 2.14. The standard InChI is InChI=1S/C21H25N3O/c1-4-24(14-17-6-8-18(9-7-17)16(3)25)12-11-21-22-19-10-5-15(2)13-20(19)23-21/h5-10,13H,4,11-12,14H2,1-3H3,(H,22,23). The molecule has 0 aliphatic carbocycles. The minimum absolute atomic E-state index is 0.110. The Hall–Kier alpha value is -2.46. The van der Waals surface area contributed by atoms with E-state index in [1.54, 1.807) is 6.92 Å². The Kier molecular flexibility index (Phi) is 5.29. The van der Waals surface area contributed by atoms with Crippen LogP contribution in [0.3, 0.4) is 0 Å². The lowest BCUT2D eigenvalue weighted by Crippen LogP contribution is -2.25. The number of aromatic amines is 1. The summed E-state index contributed by atoms with van der Waals surface area (Å²) in [4.78, 5) is 21.9. The Balaban J connectivity index is 1.62. The van der Waals surface area contributed by atoms with E-state index in [0.717, 1.165) is 48.5 Å². The van der Waals surface area contributed by atoms with Crippen molar-refractivity contribution in [1.29, 1.82) is 0 Å². The maximum atomic E-state index is 11.4. The van der Waals surface area contributed by atoms with Crippen LogP contribution in [0.5, 0.6) is 0 Å². The second-order valence-corrected chi connectivity index (χ2v) is 6.58. The molecule has 0 atom stereocenters. The molecule has 130 valence electrons. The number of H-pyrrole nitrogens is 1. The number of likely N-dealkylation sites (N-methyl/N-ethyl adjacent to an activating group) is 1. The topological polar surface area (TPSA) is 49.0 Å². The summed E-state index contributed by atoms with van der Waals surface area (Å²) in [7, 11) is 0. The maximum Gasteiger partial charge on any atom is 0.159 e. The molecule has 2 aromatic carbocycles. The van der Waals surface area contributed by atoms with Gasteiger partial charge < -0.3 is 4.98 Å². The first-order valence-corrected chi connectivity index (χ1v) is 8.82. The number of rotatable bonds is 7. The minimum atomic E-state index is 0.110. The lowest BCUT2D eigenvalue weighted by atomic mass is 10.1. The number of carbonyl (C=O) groups is 1. The van der Waals surface area contributed by atoms with Gasteiger partial charge in [-0.25, -0.2) is 4.98 Å². The molecule has 1 aromatic heterocycles. The minimum Gasteiger partial charge on any atom is -0.342 e. The van der Waals surface area contributed by atoms with Crippen LogP contribution in [0.4, 0.5) is 0 Å². The molecule has 3 aromatic rings. The van der Waals surface area contributed by atoms with Crippen LogP contribution in [0.2, 0.25) is 0 Å². The maximum absolute atomic E-state index is 11.4. The molecule has 1 N–H and O–H groups in total. The molecular weight excluding hydrogens is 310 g/mol. The van der Waals surface area contributed by atoms with Crippen molar-refractivity contribution in [2.24, 2.45) is 0 Å². The molecule has 0 aliphatic rings. The van der Waals surface area contributed by atoms with Crippen molar-refractivity contribution in [1.82, 2.24) is 14.9 Å². The normalized spacial score (nSPS) is 11.4. The zero-order valence-corrected chi connectivity index (χ0v) is 15.2. The summed E-state index contributed by atoms with van der Waals surface area (Å²) in [6.45, 7) is 8.68. The van der Waals surface area contributed by atoms with E-state index in [2.05, 4.69) is 46.9 Å². The smallest absolute Gasteiger partial charge is 0.159 e. The highest BCUT2D eigenvalue weighted by atomic mass is 16.1. The fourth-order valence-corrected chi connectivity index (χ4v) is 3.01. The summed E-state index contributed by atoms with van der Waals surface area (Å²) < 4.78 is 0. The summed E-state index contributed by atoms with van der Waals surface area (Å²) in [5.74, 6) is 1.14. The van der Waals surface area contributed by atoms with Gasteiger partial charge in [0.05, 0.1) is 11.0 Å². The van der Waals surface area contributed by atoms with Crippen LogP contribution in [-0.4, -0.2) is 33.7 Å². The van der Waals surface area contributed by atoms with Gasteiger partial charge in [-0.2, -0.15) is 0 Å². The number of benzene rings is 2. The van der Waals surface area contributed by atoms with Crippen molar-refractivity contribution >= 4 is 16.8 Å². The van der Waals surface area contributed by atoms with Crippen molar-refractivity contribution in [2.45, 2.75) is 33.7 Å². The van der Waals surface area contributed by atoms with Crippen molar-refractivity contribution in [3.05, 3.63) is 65.0 Å². The molecule has 0 bridgehead atoms. The zero-order valence-electron chi connectivity index (χ0n) is 15.2. The van der Waals surface area contributed by atoms with Gasteiger partial charge >= 0.3 is 0 Å². The predicted molar refractivity (Wildman–Crippen MR) is 102 cm³/mol. The molecule has 25 heavy (non-hydrogen) atoms. The molecule has 0 amide bonds. The third-order valence-electron chi connectivity index (χ3n) is 4.57. The van der Waals surface area contributed by atoms with E-state index in [4.69, 9.17) is 0 Å². The van der Waals surface area contributed by atoms with Gasteiger partial charge in [0.25, 0.3) is 0 Å². The fourth-order valence-electron chi connectivity index (χ4n) is 3.01. The van der Waals surface area contributed by atoms with Gasteiger partial charge in [-0.05, 0) is 43.7 Å². The summed E-state index contributed by atoms with van der Waals surface area (Å²) in [5.41, 5.74) is 5.38. The molecule has 0 saturated heterocycles. The molecule has 0 aliphatic heterocycles. The number of Topliss-reactive ketones (excluding diaryl/α,β-unsaturated/α-hetero) is 1. The van der Waals surface area contributed by atoms with Gasteiger partial charge in [-0.1, -0.05) is 37.3 Å². The van der Waals surface area contributed by atoms with Crippen LogP contribution in [0.25, 0.3) is 11.0 Å². The number of hydrogen-bond donors (Lipinski definition) is 1. The molecule has 4 nitrogen and oxygen atoms in total. The molecule has 0 unspecified atom stereocenters. The van der Waals surface area contributed by atoms with Crippen LogP contribution in [0.15, 0.2) is 42.5 Å². The SMILES string of the molecule is CCN(CCc1nc2ccc(C)cc2[nH]1)Cc1ccc(C(C)=O)cc1. The van der Waals surface area contributed by atoms with Crippen molar-refractivity contribution in [2.75, 3.05) is 13.1 Å². The summed E-state index contributed by atoms with van der Waals surface area (Å²) >= 11 is 0. The van der Waals surface area contributed by atoms with Crippen LogP contribution < -0.4 is 0 Å². The summed E-state index contributed by atoms with van der Waals surface area (Å²) in [6.07, 6.45) is 0.896.